The van der Waals surface area contributed by atoms with Crippen molar-refractivity contribution in [3.8, 4) is 5.92 Å². The van der Waals surface area contributed by atoms with Crippen LogP contribution >= 0.6 is 0 Å². The van der Waals surface area contributed by atoms with Crippen LogP contribution in [-0.2, 0) is 17.1 Å². The fourth-order valence-electron chi connectivity index (χ4n) is 0.739. The summed E-state index contributed by atoms with van der Waals surface area (Å²) in [6.07, 6.45) is 6.72. The van der Waals surface area contributed by atoms with E-state index in [-0.39, 0.29) is 28.3 Å². The van der Waals surface area contributed by atoms with E-state index in [2.05, 4.69) is 0 Å². The molecule has 64 valence electrons. The fraction of sp³-hybridized carbons (Fsp3) is 0. The number of nitro benzene ring substituents is 1. The summed E-state index contributed by atoms with van der Waals surface area (Å²) >= 11 is 0. The first-order valence-corrected chi connectivity index (χ1v) is 2.92. The van der Waals surface area contributed by atoms with Gasteiger partial charge in [0, 0.05) is 4.92 Å². The number of hydrogen-bond donors (Lipinski definition) is 0. The van der Waals surface area contributed by atoms with Crippen LogP contribution in [0.1, 0.15) is 5.56 Å². The van der Waals surface area contributed by atoms with E-state index in [1.54, 1.807) is 12.1 Å². The van der Waals surface area contributed by atoms with E-state index >= 15 is 0 Å². The molecule has 0 amide bonds. The minimum Gasteiger partial charge on any atom is -0.366 e. The number of hydrogen-bond acceptors (Lipinski definition) is 2. The van der Waals surface area contributed by atoms with Gasteiger partial charge in [0.2, 0.25) is 5.69 Å². The van der Waals surface area contributed by atoms with E-state index in [4.69, 9.17) is 6.42 Å². The van der Waals surface area contributed by atoms with Gasteiger partial charge in [-0.05, 0) is 6.07 Å². The van der Waals surface area contributed by atoms with Gasteiger partial charge in [0.15, 0.2) is 0 Å². The topological polar surface area (TPSA) is 43.1 Å². The zero-order valence-corrected chi connectivity index (χ0v) is 6.82. The van der Waals surface area contributed by atoms with Crippen molar-refractivity contribution in [2.75, 3.05) is 0 Å². The molecular weight excluding hydrogens is 206 g/mol. The van der Waals surface area contributed by atoms with Crippen LogP contribution in [0.5, 0.6) is 0 Å². The molecule has 4 heteroatoms. The molecule has 0 saturated heterocycles. The minimum atomic E-state index is -0.531. The van der Waals surface area contributed by atoms with E-state index in [0.717, 1.165) is 0 Å². The fourth-order valence-corrected chi connectivity index (χ4v) is 0.739. The molecule has 1 rings (SSSR count). The van der Waals surface area contributed by atoms with Crippen LogP contribution < -0.4 is 0 Å². The smallest absolute Gasteiger partial charge is 0.366 e. The largest absolute Gasteiger partial charge is 1.00 e. The van der Waals surface area contributed by atoms with Crippen LogP contribution in [0.15, 0.2) is 24.3 Å². The van der Waals surface area contributed by atoms with Gasteiger partial charge in [-0.3, -0.25) is 16.0 Å². The molecule has 0 fully saturated rings. The van der Waals surface area contributed by atoms with Crippen LogP contribution in [0.4, 0.5) is 5.69 Å². The first-order chi connectivity index (χ1) is 5.25. The summed E-state index contributed by atoms with van der Waals surface area (Å²) in [6, 6.07) is 6.00. The van der Waals surface area contributed by atoms with Crippen molar-refractivity contribution in [2.45, 2.75) is 0 Å². The van der Waals surface area contributed by atoms with Gasteiger partial charge in [-0.2, -0.15) is 0 Å². The van der Waals surface area contributed by atoms with Crippen LogP contribution in [0.3, 0.4) is 0 Å². The van der Waals surface area contributed by atoms with Crippen molar-refractivity contribution in [3.63, 3.8) is 0 Å². The Labute approximate surface area is 80.4 Å². The number of benzene rings is 1. The predicted octanol–water partition coefficient (Wildman–Crippen LogP) is 1.53. The monoisotopic (exact) mass is 209 g/mol. The van der Waals surface area contributed by atoms with Gasteiger partial charge in [0.25, 0.3) is 0 Å². The molecular formula is C8H4CuNO2. The molecule has 3 nitrogen and oxygen atoms in total. The Morgan fingerprint density at radius 1 is 1.42 bits per heavy atom. The summed E-state index contributed by atoms with van der Waals surface area (Å²) < 4.78 is 0. The van der Waals surface area contributed by atoms with Gasteiger partial charge < -0.3 is 6.42 Å². The molecule has 0 aliphatic heterocycles. The number of nitro groups is 1. The molecule has 1 aromatic carbocycles. The van der Waals surface area contributed by atoms with Crippen molar-refractivity contribution in [1.29, 1.82) is 0 Å². The van der Waals surface area contributed by atoms with E-state index in [1.807, 2.05) is 5.92 Å². The summed E-state index contributed by atoms with van der Waals surface area (Å²) in [5.74, 6) is 1.99. The zero-order chi connectivity index (χ0) is 8.27. The number of para-hydroxylation sites is 1. The second-order valence-corrected chi connectivity index (χ2v) is 1.90. The summed E-state index contributed by atoms with van der Waals surface area (Å²) in [6.45, 7) is 0. The van der Waals surface area contributed by atoms with Crippen molar-refractivity contribution in [3.05, 3.63) is 46.4 Å². The third-order valence-electron chi connectivity index (χ3n) is 1.24. The molecule has 0 bridgehead atoms. The SMILES string of the molecule is [C-]#Cc1ccccc1[N+](=O)[O-].[Cu+]. The average Bonchev–Trinajstić information content (AvgIpc) is 2.04. The van der Waals surface area contributed by atoms with Crippen LogP contribution in [0, 0.1) is 22.5 Å². The van der Waals surface area contributed by atoms with Crippen molar-refractivity contribution in [1.82, 2.24) is 0 Å². The van der Waals surface area contributed by atoms with E-state index < -0.39 is 4.92 Å². The van der Waals surface area contributed by atoms with Gasteiger partial charge in [-0.1, -0.05) is 17.7 Å². The standard InChI is InChI=1S/C8H4NO2.Cu/c1-2-7-5-3-4-6-8(7)9(10)11;/h3-6H;/q-1;+1. The number of rotatable bonds is 1. The van der Waals surface area contributed by atoms with Crippen LogP contribution in [-0.4, -0.2) is 4.92 Å². The van der Waals surface area contributed by atoms with Crippen LogP contribution in [0.25, 0.3) is 0 Å². The second-order valence-electron chi connectivity index (χ2n) is 1.90. The summed E-state index contributed by atoms with van der Waals surface area (Å²) in [7, 11) is 0. The van der Waals surface area contributed by atoms with Gasteiger partial charge in [0.1, 0.15) is 0 Å². The Morgan fingerprint density at radius 2 is 2.00 bits per heavy atom. The average molecular weight is 210 g/mol. The van der Waals surface area contributed by atoms with Gasteiger partial charge in [-0.25, -0.2) is 0 Å². The quantitative estimate of drug-likeness (QED) is 0.232. The molecule has 0 aromatic heterocycles. The molecule has 1 aromatic rings. The normalized spacial score (nSPS) is 7.92. The third-order valence-corrected chi connectivity index (χ3v) is 1.24. The Kier molecular flexibility index (Phi) is 4.06. The molecule has 0 saturated carbocycles. The first-order valence-electron chi connectivity index (χ1n) is 2.92. The second kappa shape index (κ2) is 4.55. The van der Waals surface area contributed by atoms with E-state index in [0.29, 0.717) is 0 Å². The van der Waals surface area contributed by atoms with Crippen molar-refractivity contribution in [2.24, 2.45) is 0 Å². The summed E-state index contributed by atoms with van der Waals surface area (Å²) in [5.41, 5.74) is 0.125. The molecule has 0 aliphatic rings. The third kappa shape index (κ3) is 2.09. The van der Waals surface area contributed by atoms with E-state index in [9.17, 15) is 10.1 Å². The molecule has 0 atom stereocenters. The Hall–Kier alpha value is -1.30. The minimum absolute atomic E-state index is 0. The molecule has 12 heavy (non-hydrogen) atoms. The summed E-state index contributed by atoms with van der Waals surface area (Å²) in [4.78, 5) is 9.73. The maximum atomic E-state index is 10.3. The van der Waals surface area contributed by atoms with E-state index in [1.165, 1.54) is 12.1 Å². The molecule has 0 radical (unpaired) electrons. The van der Waals surface area contributed by atoms with Crippen molar-refractivity contribution < 1.29 is 22.0 Å². The van der Waals surface area contributed by atoms with Gasteiger partial charge in [0.05, 0.1) is 0 Å². The van der Waals surface area contributed by atoms with Gasteiger partial charge >= 0.3 is 17.1 Å². The van der Waals surface area contributed by atoms with Crippen LogP contribution in [0.2, 0.25) is 0 Å². The summed E-state index contributed by atoms with van der Waals surface area (Å²) in [5, 5.41) is 10.3. The predicted molar refractivity (Wildman–Crippen MR) is 39.3 cm³/mol. The zero-order valence-electron chi connectivity index (χ0n) is 5.87. The Morgan fingerprint density at radius 3 is 2.42 bits per heavy atom. The van der Waals surface area contributed by atoms with Gasteiger partial charge in [-0.15, -0.1) is 6.07 Å². The molecule has 0 unspecified atom stereocenters. The first kappa shape index (κ1) is 10.7. The number of nitrogens with zero attached hydrogens (tertiary/aromatic N) is 1. The maximum Gasteiger partial charge on any atom is 1.00 e. The maximum absolute atomic E-state index is 10.3. The van der Waals surface area contributed by atoms with Crippen molar-refractivity contribution >= 4 is 5.69 Å². The molecule has 0 spiro atoms. The molecule has 0 N–H and O–H groups in total. The Balaban J connectivity index is 0.00000121. The molecule has 0 aliphatic carbocycles. The molecule has 0 heterocycles. The Bertz CT molecular complexity index is 330.